The molecule has 1 unspecified atom stereocenters. The van der Waals surface area contributed by atoms with Crippen molar-refractivity contribution in [1.82, 2.24) is 0 Å². The number of hydrogen-bond acceptors (Lipinski definition) is 0. The van der Waals surface area contributed by atoms with Crippen LogP contribution in [0, 0.1) is 18.1 Å². The molecule has 4 aliphatic rings. The zero-order valence-electron chi connectivity index (χ0n) is 26.2. The molecule has 4 aliphatic carbocycles. The normalized spacial score (nSPS) is 19.6. The van der Waals surface area contributed by atoms with Gasteiger partial charge in [-0.15, -0.1) is 18.6 Å². The Morgan fingerprint density at radius 1 is 0.756 bits per heavy atom. The van der Waals surface area contributed by atoms with Crippen molar-refractivity contribution in [3.05, 3.63) is 129 Å². The van der Waals surface area contributed by atoms with Gasteiger partial charge in [0.25, 0.3) is 0 Å². The monoisotopic (exact) mass is 612 g/mol. The Hall–Kier alpha value is -2.63. The van der Waals surface area contributed by atoms with Crippen LogP contribution in [0.15, 0.2) is 77.9 Å². The number of benzene rings is 3. The van der Waals surface area contributed by atoms with Gasteiger partial charge >= 0.3 is 63.8 Å². The van der Waals surface area contributed by atoms with Gasteiger partial charge in [-0.25, -0.2) is 16.7 Å². The van der Waals surface area contributed by atoms with Crippen molar-refractivity contribution in [2.75, 3.05) is 0 Å². The van der Waals surface area contributed by atoms with E-state index >= 15 is 0 Å². The molecule has 0 nitrogen and oxygen atoms in total. The van der Waals surface area contributed by atoms with Crippen molar-refractivity contribution in [1.29, 1.82) is 0 Å². The molecule has 7 rings (SSSR count). The predicted molar refractivity (Wildman–Crippen MR) is 174 cm³/mol. The first-order valence-corrected chi connectivity index (χ1v) is 16.2. The summed E-state index contributed by atoms with van der Waals surface area (Å²) in [5, 5.41) is 0. The molecule has 0 aromatic heterocycles. The van der Waals surface area contributed by atoms with Crippen LogP contribution >= 0.6 is 0 Å². The Morgan fingerprint density at radius 3 is 1.88 bits per heavy atom. The van der Waals surface area contributed by atoms with Crippen molar-refractivity contribution in [3.63, 3.8) is 0 Å². The molecule has 0 amide bonds. The molecule has 1 atom stereocenters. The van der Waals surface area contributed by atoms with Crippen molar-refractivity contribution < 1.29 is 24.2 Å². The Kier molecular flexibility index (Phi) is 8.17. The fraction of sp³-hybridized carbons (Fsp3) is 0.325. The molecule has 0 heterocycles. The fourth-order valence-electron chi connectivity index (χ4n) is 6.82. The molecule has 206 valence electrons. The van der Waals surface area contributed by atoms with Crippen molar-refractivity contribution in [2.45, 2.75) is 79.6 Å². The Balaban J connectivity index is 0.000000172. The van der Waals surface area contributed by atoms with Crippen LogP contribution in [0.1, 0.15) is 101 Å². The second kappa shape index (κ2) is 11.2. The van der Waals surface area contributed by atoms with Gasteiger partial charge in [0.05, 0.1) is 0 Å². The average molecular weight is 614 g/mol. The quantitative estimate of drug-likeness (QED) is 0.187. The van der Waals surface area contributed by atoms with Crippen molar-refractivity contribution in [2.24, 2.45) is 5.92 Å². The molecule has 0 aliphatic heterocycles. The van der Waals surface area contributed by atoms with E-state index in [4.69, 9.17) is 0 Å². The molecular weight excluding hydrogens is 572 g/mol. The Morgan fingerprint density at radius 2 is 1.37 bits per heavy atom. The van der Waals surface area contributed by atoms with Gasteiger partial charge in [0.1, 0.15) is 0 Å². The van der Waals surface area contributed by atoms with E-state index < -0.39 is 0 Å². The van der Waals surface area contributed by atoms with Gasteiger partial charge in [0.15, 0.2) is 0 Å². The van der Waals surface area contributed by atoms with E-state index in [0.717, 1.165) is 6.42 Å². The molecule has 0 spiro atoms. The van der Waals surface area contributed by atoms with Crippen LogP contribution in [-0.2, 0) is 41.5 Å². The van der Waals surface area contributed by atoms with Crippen molar-refractivity contribution >= 4 is 14.9 Å². The SMILES string of the molecule is CC1=[C-]C(C)(C)c2cc3c(cc21)-c1cc2c(cc1C3)C(C)(C)C=C2C.CC1=[C-]C(C)C=C1C.[Zr+2]=[CH]c1ccccc1. The van der Waals surface area contributed by atoms with Crippen LogP contribution in [0.5, 0.6) is 0 Å². The van der Waals surface area contributed by atoms with E-state index in [1.54, 1.807) is 0 Å². The second-order valence-corrected chi connectivity index (χ2v) is 13.9. The summed E-state index contributed by atoms with van der Waals surface area (Å²) in [7, 11) is 0. The number of hydrogen-bond donors (Lipinski definition) is 0. The molecular formula is C40H42Zr. The predicted octanol–water partition coefficient (Wildman–Crippen LogP) is 10.2. The third-order valence-electron chi connectivity index (χ3n) is 8.93. The van der Waals surface area contributed by atoms with E-state index in [1.165, 1.54) is 96.6 Å². The molecule has 3 aromatic rings. The van der Waals surface area contributed by atoms with Crippen LogP contribution in [0.3, 0.4) is 0 Å². The standard InChI is InChI=1S/C25H25.C8H11.C7H6.Zr/c1-14-12-24(3,4)22-8-16-7-17-9-23-19(15(2)13-25(23,5)6)11-21(17)20(16)10-18(14)22;1-6-4-7(2)8(3)5-6;1-7-5-3-2-4-6-7;/h8-12H,7H2,1-6H3;4,6H,1-3H3;1-6H;/q2*-1;;+2. The first kappa shape index (κ1) is 29.9. The number of fused-ring (bicyclic) bond motifs is 5. The zero-order valence-corrected chi connectivity index (χ0v) is 28.7. The molecule has 3 aromatic carbocycles. The van der Waals surface area contributed by atoms with Gasteiger partial charge in [-0.1, -0.05) is 78.0 Å². The van der Waals surface area contributed by atoms with E-state index in [2.05, 4.69) is 139 Å². The zero-order chi connectivity index (χ0) is 29.7. The maximum atomic E-state index is 3.65. The molecule has 0 saturated carbocycles. The first-order valence-electron chi connectivity index (χ1n) is 14.8. The van der Waals surface area contributed by atoms with Crippen LogP contribution in [0.25, 0.3) is 22.3 Å². The van der Waals surface area contributed by atoms with Gasteiger partial charge < -0.3 is 0 Å². The molecule has 0 saturated heterocycles. The Labute approximate surface area is 263 Å². The van der Waals surface area contributed by atoms with E-state index in [1.807, 2.05) is 6.07 Å². The van der Waals surface area contributed by atoms with E-state index in [0.29, 0.717) is 5.92 Å². The minimum atomic E-state index is 0.0340. The molecule has 0 N–H and O–H groups in total. The molecule has 0 bridgehead atoms. The molecule has 0 radical (unpaired) electrons. The third-order valence-corrected chi connectivity index (χ3v) is 9.75. The molecule has 1 heteroatoms. The van der Waals surface area contributed by atoms with Crippen LogP contribution < -0.4 is 0 Å². The van der Waals surface area contributed by atoms with Gasteiger partial charge in [-0.3, -0.25) is 12.2 Å². The van der Waals surface area contributed by atoms with Crippen molar-refractivity contribution in [3.8, 4) is 11.1 Å². The summed E-state index contributed by atoms with van der Waals surface area (Å²) >= 11 is 1.46. The summed E-state index contributed by atoms with van der Waals surface area (Å²) in [5.74, 6) is 0.551. The minimum absolute atomic E-state index is 0.0340. The summed E-state index contributed by atoms with van der Waals surface area (Å²) in [6.45, 7) is 20.1. The Bertz CT molecular complexity index is 1550. The maximum absolute atomic E-state index is 3.65. The first-order chi connectivity index (χ1) is 19.3. The van der Waals surface area contributed by atoms with Crippen LogP contribution in [0.4, 0.5) is 0 Å². The molecule has 0 fully saturated rings. The topological polar surface area (TPSA) is 0 Å². The summed E-state index contributed by atoms with van der Waals surface area (Å²) in [4.78, 5) is 0. The second-order valence-electron chi connectivity index (χ2n) is 13.2. The van der Waals surface area contributed by atoms with Crippen LogP contribution in [0.2, 0.25) is 0 Å². The number of allylic oxidation sites excluding steroid dienone is 8. The van der Waals surface area contributed by atoms with E-state index in [9.17, 15) is 0 Å². The summed E-state index contributed by atoms with van der Waals surface area (Å²) in [6.07, 6.45) is 12.7. The average Bonchev–Trinajstić information content (AvgIpc) is 3.57. The van der Waals surface area contributed by atoms with Gasteiger partial charge in [0.2, 0.25) is 0 Å². The third kappa shape index (κ3) is 5.85. The van der Waals surface area contributed by atoms with Gasteiger partial charge in [0, 0.05) is 5.41 Å². The van der Waals surface area contributed by atoms with Crippen LogP contribution in [-0.4, -0.2) is 3.71 Å². The molecule has 41 heavy (non-hydrogen) atoms. The number of rotatable bonds is 1. The fourth-order valence-corrected chi connectivity index (χ4v) is 7.29. The summed E-state index contributed by atoms with van der Waals surface area (Å²) in [5.41, 5.74) is 18.6. The summed E-state index contributed by atoms with van der Waals surface area (Å²) in [6, 6.07) is 20.2. The van der Waals surface area contributed by atoms with Gasteiger partial charge in [-0.05, 0) is 58.4 Å². The van der Waals surface area contributed by atoms with E-state index in [-0.39, 0.29) is 10.8 Å². The summed E-state index contributed by atoms with van der Waals surface area (Å²) < 4.78 is 2.17. The van der Waals surface area contributed by atoms with Gasteiger partial charge in [-0.2, -0.15) is 11.6 Å².